The van der Waals surface area contributed by atoms with Crippen LogP contribution in [0.4, 0.5) is 5.69 Å². The van der Waals surface area contributed by atoms with E-state index in [9.17, 15) is 14.4 Å². The van der Waals surface area contributed by atoms with Gasteiger partial charge in [0.05, 0.1) is 5.56 Å². The van der Waals surface area contributed by atoms with Gasteiger partial charge in [0.1, 0.15) is 0 Å². The highest BCUT2D eigenvalue weighted by Crippen LogP contribution is 2.14. The van der Waals surface area contributed by atoms with E-state index in [1.807, 2.05) is 19.1 Å². The molecule has 0 fully saturated rings. The van der Waals surface area contributed by atoms with Crippen molar-refractivity contribution in [2.45, 2.75) is 33.3 Å². The third-order valence-corrected chi connectivity index (χ3v) is 3.72. The number of amides is 1. The Balaban J connectivity index is 2.05. The van der Waals surface area contributed by atoms with Crippen LogP contribution < -0.4 is 5.32 Å². The van der Waals surface area contributed by atoms with Gasteiger partial charge in [-0.25, -0.2) is 4.79 Å². The van der Waals surface area contributed by atoms with Crippen LogP contribution in [0.15, 0.2) is 48.5 Å². The van der Waals surface area contributed by atoms with E-state index in [1.54, 1.807) is 37.3 Å². The van der Waals surface area contributed by atoms with Gasteiger partial charge in [0.2, 0.25) is 11.7 Å². The van der Waals surface area contributed by atoms with Crippen molar-refractivity contribution in [1.29, 1.82) is 0 Å². The highest BCUT2D eigenvalue weighted by atomic mass is 16.5. The zero-order valence-corrected chi connectivity index (χ0v) is 14.5. The molecule has 25 heavy (non-hydrogen) atoms. The van der Waals surface area contributed by atoms with Crippen molar-refractivity contribution < 1.29 is 19.1 Å². The fourth-order valence-corrected chi connectivity index (χ4v) is 2.35. The maximum absolute atomic E-state index is 12.4. The van der Waals surface area contributed by atoms with E-state index in [0.717, 1.165) is 12.0 Å². The Morgan fingerprint density at radius 2 is 1.72 bits per heavy atom. The molecule has 0 unspecified atom stereocenters. The highest BCUT2D eigenvalue weighted by molar-refractivity contribution is 6.01. The Labute approximate surface area is 147 Å². The molecule has 2 aromatic carbocycles. The van der Waals surface area contributed by atoms with Crippen LogP contribution in [0.2, 0.25) is 0 Å². The van der Waals surface area contributed by atoms with Crippen molar-refractivity contribution >= 4 is 23.3 Å². The van der Waals surface area contributed by atoms with Crippen molar-refractivity contribution in [3.63, 3.8) is 0 Å². The van der Waals surface area contributed by atoms with Gasteiger partial charge >= 0.3 is 5.97 Å². The predicted molar refractivity (Wildman–Crippen MR) is 95.8 cm³/mol. The molecule has 2 rings (SSSR count). The van der Waals surface area contributed by atoms with E-state index < -0.39 is 12.1 Å². The van der Waals surface area contributed by atoms with Crippen LogP contribution in [0.3, 0.4) is 0 Å². The quantitative estimate of drug-likeness (QED) is 0.644. The molecule has 1 amide bonds. The molecule has 0 aromatic heterocycles. The average Bonchev–Trinajstić information content (AvgIpc) is 2.60. The fraction of sp³-hybridized carbons (Fsp3) is 0.250. The lowest BCUT2D eigenvalue weighted by Crippen LogP contribution is -2.24. The van der Waals surface area contributed by atoms with Crippen molar-refractivity contribution in [2.75, 3.05) is 5.32 Å². The number of Topliss-reactive ketones (excluding diaryl/α,β-unsaturated/α-hetero) is 1. The summed E-state index contributed by atoms with van der Waals surface area (Å²) in [7, 11) is 0. The smallest absolute Gasteiger partial charge is 0.338 e. The minimum atomic E-state index is -0.899. The minimum Gasteiger partial charge on any atom is -0.451 e. The number of ether oxygens (including phenoxy) is 1. The summed E-state index contributed by atoms with van der Waals surface area (Å²) in [5, 5.41) is 2.60. The molecule has 0 saturated heterocycles. The van der Waals surface area contributed by atoms with E-state index in [4.69, 9.17) is 4.74 Å². The van der Waals surface area contributed by atoms with E-state index in [2.05, 4.69) is 5.32 Å². The fourth-order valence-electron chi connectivity index (χ4n) is 2.35. The number of hydrogen-bond acceptors (Lipinski definition) is 4. The summed E-state index contributed by atoms with van der Waals surface area (Å²) >= 11 is 0. The zero-order valence-electron chi connectivity index (χ0n) is 14.5. The van der Waals surface area contributed by atoms with Crippen molar-refractivity contribution in [1.82, 2.24) is 0 Å². The topological polar surface area (TPSA) is 72.5 Å². The Morgan fingerprint density at radius 3 is 2.32 bits per heavy atom. The molecule has 5 heteroatoms. The first kappa shape index (κ1) is 18.4. The number of ketones is 1. The van der Waals surface area contributed by atoms with Gasteiger partial charge in [0.25, 0.3) is 0 Å². The molecule has 1 atom stereocenters. The van der Waals surface area contributed by atoms with Gasteiger partial charge in [-0.3, -0.25) is 9.59 Å². The highest BCUT2D eigenvalue weighted by Gasteiger charge is 2.20. The summed E-state index contributed by atoms with van der Waals surface area (Å²) in [5.41, 5.74) is 2.41. The Bertz CT molecular complexity index is 781. The standard InChI is InChI=1S/C20H21NO4/c1-4-15-8-10-16(11-9-15)19(23)13(2)25-20(24)17-6-5-7-18(12-17)21-14(3)22/h5-13H,4H2,1-3H3,(H,21,22)/t13-/m1/s1. The molecule has 0 aliphatic heterocycles. The first-order chi connectivity index (χ1) is 11.9. The number of carbonyl (C=O) groups is 3. The van der Waals surface area contributed by atoms with Crippen LogP contribution in [-0.2, 0) is 16.0 Å². The van der Waals surface area contributed by atoms with Crippen molar-refractivity contribution in [2.24, 2.45) is 0 Å². The van der Waals surface area contributed by atoms with Crippen LogP contribution >= 0.6 is 0 Å². The van der Waals surface area contributed by atoms with Gasteiger partial charge in [-0.1, -0.05) is 37.3 Å². The van der Waals surface area contributed by atoms with Crippen LogP contribution in [-0.4, -0.2) is 23.8 Å². The molecule has 5 nitrogen and oxygen atoms in total. The largest absolute Gasteiger partial charge is 0.451 e. The lowest BCUT2D eigenvalue weighted by Gasteiger charge is -2.13. The maximum Gasteiger partial charge on any atom is 0.338 e. The summed E-state index contributed by atoms with van der Waals surface area (Å²) in [6, 6.07) is 13.6. The van der Waals surface area contributed by atoms with Gasteiger partial charge in [-0.05, 0) is 37.1 Å². The second kappa shape index (κ2) is 8.24. The molecule has 0 heterocycles. The van der Waals surface area contributed by atoms with E-state index in [1.165, 1.54) is 13.0 Å². The molecule has 0 saturated carbocycles. The van der Waals surface area contributed by atoms with Gasteiger partial charge in [0.15, 0.2) is 6.10 Å². The molecule has 0 aliphatic rings. The van der Waals surface area contributed by atoms with E-state index in [0.29, 0.717) is 11.3 Å². The first-order valence-electron chi connectivity index (χ1n) is 8.12. The molecule has 0 bridgehead atoms. The Kier molecular flexibility index (Phi) is 6.06. The normalized spacial score (nSPS) is 11.5. The number of anilines is 1. The SMILES string of the molecule is CCc1ccc(C(=O)[C@@H](C)OC(=O)c2cccc(NC(C)=O)c2)cc1. The van der Waals surface area contributed by atoms with E-state index in [-0.39, 0.29) is 17.3 Å². The summed E-state index contributed by atoms with van der Waals surface area (Å²) < 4.78 is 5.27. The summed E-state index contributed by atoms with van der Waals surface area (Å²) in [6.07, 6.45) is -0.00620. The van der Waals surface area contributed by atoms with E-state index >= 15 is 0 Å². The third-order valence-electron chi connectivity index (χ3n) is 3.72. The predicted octanol–water partition coefficient (Wildman–Crippen LogP) is 3.64. The second-order valence-electron chi connectivity index (χ2n) is 5.72. The number of benzene rings is 2. The summed E-state index contributed by atoms with van der Waals surface area (Å²) in [6.45, 7) is 4.97. The number of hydrogen-bond donors (Lipinski definition) is 1. The molecule has 0 spiro atoms. The monoisotopic (exact) mass is 339 g/mol. The number of esters is 1. The molecule has 1 N–H and O–H groups in total. The lowest BCUT2D eigenvalue weighted by molar-refractivity contribution is -0.114. The second-order valence-corrected chi connectivity index (χ2v) is 5.72. The number of carbonyl (C=O) groups excluding carboxylic acids is 3. The maximum atomic E-state index is 12.4. The molecule has 0 aliphatic carbocycles. The molecule has 2 aromatic rings. The van der Waals surface area contributed by atoms with Crippen molar-refractivity contribution in [3.8, 4) is 0 Å². The first-order valence-corrected chi connectivity index (χ1v) is 8.12. The number of aryl methyl sites for hydroxylation is 1. The molecular formula is C20H21NO4. The average molecular weight is 339 g/mol. The summed E-state index contributed by atoms with van der Waals surface area (Å²) in [4.78, 5) is 35.7. The van der Waals surface area contributed by atoms with Gasteiger partial charge in [-0.2, -0.15) is 0 Å². The Hall–Kier alpha value is -2.95. The van der Waals surface area contributed by atoms with Gasteiger partial charge < -0.3 is 10.1 Å². The number of rotatable bonds is 6. The minimum absolute atomic E-state index is 0.232. The van der Waals surface area contributed by atoms with Crippen LogP contribution in [0.5, 0.6) is 0 Å². The van der Waals surface area contributed by atoms with Crippen LogP contribution in [0.25, 0.3) is 0 Å². The van der Waals surface area contributed by atoms with Crippen molar-refractivity contribution in [3.05, 3.63) is 65.2 Å². The molecule has 0 radical (unpaired) electrons. The Morgan fingerprint density at radius 1 is 1.04 bits per heavy atom. The number of nitrogens with one attached hydrogen (secondary N) is 1. The zero-order chi connectivity index (χ0) is 18.4. The molecule has 130 valence electrons. The van der Waals surface area contributed by atoms with Gasteiger partial charge in [0, 0.05) is 18.2 Å². The molecular weight excluding hydrogens is 318 g/mol. The van der Waals surface area contributed by atoms with Gasteiger partial charge in [-0.15, -0.1) is 0 Å². The van der Waals surface area contributed by atoms with Crippen LogP contribution in [0.1, 0.15) is 47.1 Å². The lowest BCUT2D eigenvalue weighted by atomic mass is 10.0. The third kappa shape index (κ3) is 5.01. The summed E-state index contributed by atoms with van der Waals surface area (Å²) in [5.74, 6) is -1.10. The van der Waals surface area contributed by atoms with Crippen LogP contribution in [0, 0.1) is 0 Å².